The minimum Gasteiger partial charge on any atom is -0.382 e. The van der Waals surface area contributed by atoms with Gasteiger partial charge in [-0.15, -0.1) is 5.10 Å². The van der Waals surface area contributed by atoms with E-state index in [1.807, 2.05) is 31.3 Å². The summed E-state index contributed by atoms with van der Waals surface area (Å²) < 4.78 is 11.2. The van der Waals surface area contributed by atoms with Crippen LogP contribution in [0, 0.1) is 6.92 Å². The zero-order valence-electron chi connectivity index (χ0n) is 14.3. The topological polar surface area (TPSA) is 60.4 Å². The molecule has 2 aromatic heterocycles. The number of methoxy groups -OCH3 is 1. The van der Waals surface area contributed by atoms with E-state index in [1.165, 1.54) is 5.56 Å². The summed E-state index contributed by atoms with van der Waals surface area (Å²) in [4.78, 5) is 6.53. The molecule has 0 spiro atoms. The normalized spacial score (nSPS) is 20.5. The maximum Gasteiger partial charge on any atom is 0.151 e. The Morgan fingerprint density at radius 2 is 2.12 bits per heavy atom. The van der Waals surface area contributed by atoms with Gasteiger partial charge in [0.15, 0.2) is 5.82 Å². The number of hydrogen-bond donors (Lipinski definition) is 0. The molecule has 3 heterocycles. The lowest BCUT2D eigenvalue weighted by atomic mass is 10.0. The van der Waals surface area contributed by atoms with Crippen LogP contribution in [-0.4, -0.2) is 54.2 Å². The highest BCUT2D eigenvalue weighted by molar-refractivity contribution is 5.41. The lowest BCUT2D eigenvalue weighted by Gasteiger charge is -2.29. The predicted octanol–water partition coefficient (Wildman–Crippen LogP) is 2.03. The number of anilines is 1. The molecule has 128 valence electrons. The second kappa shape index (κ2) is 8.17. The van der Waals surface area contributed by atoms with Gasteiger partial charge in [0.05, 0.1) is 31.1 Å². The van der Waals surface area contributed by atoms with E-state index in [0.717, 1.165) is 30.9 Å². The van der Waals surface area contributed by atoms with E-state index in [1.54, 1.807) is 13.3 Å². The molecule has 0 amide bonds. The number of aryl methyl sites for hydroxylation is 1. The van der Waals surface area contributed by atoms with E-state index in [9.17, 15) is 0 Å². The van der Waals surface area contributed by atoms with Gasteiger partial charge in [-0.25, -0.2) is 0 Å². The monoisotopic (exact) mass is 328 g/mol. The highest BCUT2D eigenvalue weighted by Crippen LogP contribution is 2.28. The molecule has 0 bridgehead atoms. The van der Waals surface area contributed by atoms with Gasteiger partial charge in [-0.05, 0) is 43.5 Å². The van der Waals surface area contributed by atoms with Gasteiger partial charge in [-0.2, -0.15) is 5.10 Å². The summed E-state index contributed by atoms with van der Waals surface area (Å²) in [6, 6.07) is 8.35. The van der Waals surface area contributed by atoms with Crippen molar-refractivity contribution in [2.75, 3.05) is 31.8 Å². The first kappa shape index (κ1) is 16.8. The lowest BCUT2D eigenvalue weighted by molar-refractivity contribution is 0.0137. The summed E-state index contributed by atoms with van der Waals surface area (Å²) in [5, 5.41) is 8.56. The highest BCUT2D eigenvalue weighted by atomic mass is 16.5. The Morgan fingerprint density at radius 3 is 2.83 bits per heavy atom. The van der Waals surface area contributed by atoms with Crippen LogP contribution in [0.15, 0.2) is 36.7 Å². The second-order valence-corrected chi connectivity index (χ2v) is 6.05. The van der Waals surface area contributed by atoms with Crippen molar-refractivity contribution >= 4 is 5.82 Å². The van der Waals surface area contributed by atoms with Crippen LogP contribution in [0.3, 0.4) is 0 Å². The van der Waals surface area contributed by atoms with E-state index in [2.05, 4.69) is 26.1 Å². The van der Waals surface area contributed by atoms with Crippen molar-refractivity contribution in [3.8, 4) is 0 Å². The van der Waals surface area contributed by atoms with Crippen LogP contribution in [0.2, 0.25) is 0 Å². The summed E-state index contributed by atoms with van der Waals surface area (Å²) in [5.74, 6) is 0.910. The van der Waals surface area contributed by atoms with E-state index < -0.39 is 0 Å². The molecule has 2 aromatic rings. The minimum atomic E-state index is 0.156. The Bertz CT molecular complexity index is 621. The average molecular weight is 328 g/mol. The molecule has 0 unspecified atom stereocenters. The molecule has 0 aliphatic carbocycles. The molecule has 1 aliphatic heterocycles. The Kier molecular flexibility index (Phi) is 5.72. The smallest absolute Gasteiger partial charge is 0.151 e. The summed E-state index contributed by atoms with van der Waals surface area (Å²) >= 11 is 0. The fourth-order valence-corrected chi connectivity index (χ4v) is 3.13. The van der Waals surface area contributed by atoms with Gasteiger partial charge in [0.25, 0.3) is 0 Å². The molecular formula is C18H24N4O2. The van der Waals surface area contributed by atoms with E-state index in [0.29, 0.717) is 13.2 Å². The maximum atomic E-state index is 6.07. The van der Waals surface area contributed by atoms with E-state index in [-0.39, 0.29) is 12.1 Å². The summed E-state index contributed by atoms with van der Waals surface area (Å²) in [6.07, 6.45) is 5.73. The van der Waals surface area contributed by atoms with Gasteiger partial charge in [-0.1, -0.05) is 6.07 Å². The van der Waals surface area contributed by atoms with Crippen molar-refractivity contribution in [2.24, 2.45) is 0 Å². The molecule has 1 saturated heterocycles. The van der Waals surface area contributed by atoms with Gasteiger partial charge in [0, 0.05) is 26.0 Å². The Hall–Kier alpha value is -2.05. The number of hydrogen-bond acceptors (Lipinski definition) is 6. The van der Waals surface area contributed by atoms with Crippen LogP contribution >= 0.6 is 0 Å². The summed E-state index contributed by atoms with van der Waals surface area (Å²) in [7, 11) is 1.69. The van der Waals surface area contributed by atoms with Gasteiger partial charge < -0.3 is 14.4 Å². The van der Waals surface area contributed by atoms with Gasteiger partial charge in [0.1, 0.15) is 0 Å². The molecular weight excluding hydrogens is 304 g/mol. The van der Waals surface area contributed by atoms with Gasteiger partial charge in [-0.3, -0.25) is 4.98 Å². The van der Waals surface area contributed by atoms with Crippen LogP contribution in [0.4, 0.5) is 5.82 Å². The molecule has 0 radical (unpaired) electrons. The number of aromatic nitrogens is 3. The Balaban J connectivity index is 1.77. The molecule has 0 saturated carbocycles. The highest BCUT2D eigenvalue weighted by Gasteiger charge is 2.35. The molecule has 24 heavy (non-hydrogen) atoms. The van der Waals surface area contributed by atoms with Crippen molar-refractivity contribution < 1.29 is 9.47 Å². The maximum absolute atomic E-state index is 6.07. The SMILES string of the molecule is COCCO[C@@H]1CCN(c2ccc(C)nn2)[C@@H]1Cc1cccnc1. The van der Waals surface area contributed by atoms with Gasteiger partial charge >= 0.3 is 0 Å². The lowest BCUT2D eigenvalue weighted by Crippen LogP contribution is -2.39. The summed E-state index contributed by atoms with van der Waals surface area (Å²) in [6.45, 7) is 4.09. The van der Waals surface area contributed by atoms with E-state index >= 15 is 0 Å². The summed E-state index contributed by atoms with van der Waals surface area (Å²) in [5.41, 5.74) is 2.13. The van der Waals surface area contributed by atoms with Crippen molar-refractivity contribution in [1.82, 2.24) is 15.2 Å². The third-order valence-electron chi connectivity index (χ3n) is 4.35. The molecule has 2 atom stereocenters. The first-order valence-electron chi connectivity index (χ1n) is 8.34. The van der Waals surface area contributed by atoms with E-state index in [4.69, 9.17) is 9.47 Å². The first-order chi connectivity index (χ1) is 11.8. The molecule has 6 nitrogen and oxygen atoms in total. The zero-order valence-corrected chi connectivity index (χ0v) is 14.3. The fraction of sp³-hybridized carbons (Fsp3) is 0.500. The third-order valence-corrected chi connectivity index (χ3v) is 4.35. The van der Waals surface area contributed by atoms with Crippen molar-refractivity contribution in [3.05, 3.63) is 47.9 Å². The first-order valence-corrected chi connectivity index (χ1v) is 8.34. The van der Waals surface area contributed by atoms with Crippen molar-refractivity contribution in [3.63, 3.8) is 0 Å². The standard InChI is InChI=1S/C18H24N4O2/c1-14-5-6-18(21-20-14)22-9-7-17(24-11-10-23-2)16(22)12-15-4-3-8-19-13-15/h3-6,8,13,16-17H,7,9-12H2,1-2H3/t16-,17-/m1/s1. The van der Waals surface area contributed by atoms with Crippen LogP contribution in [0.1, 0.15) is 17.7 Å². The van der Waals surface area contributed by atoms with Crippen LogP contribution in [0.5, 0.6) is 0 Å². The zero-order chi connectivity index (χ0) is 16.8. The molecule has 3 rings (SSSR count). The predicted molar refractivity (Wildman–Crippen MR) is 92.1 cm³/mol. The largest absolute Gasteiger partial charge is 0.382 e. The molecule has 1 fully saturated rings. The Morgan fingerprint density at radius 1 is 1.21 bits per heavy atom. The third kappa shape index (κ3) is 4.07. The van der Waals surface area contributed by atoms with Crippen LogP contribution in [-0.2, 0) is 15.9 Å². The molecule has 6 heteroatoms. The number of nitrogens with zero attached hydrogens (tertiary/aromatic N) is 4. The minimum absolute atomic E-state index is 0.156. The number of ether oxygens (including phenoxy) is 2. The van der Waals surface area contributed by atoms with Crippen molar-refractivity contribution in [2.45, 2.75) is 31.9 Å². The molecule has 0 N–H and O–H groups in total. The van der Waals surface area contributed by atoms with Crippen LogP contribution in [0.25, 0.3) is 0 Å². The number of rotatable bonds is 7. The second-order valence-electron chi connectivity index (χ2n) is 6.05. The molecule has 0 aromatic carbocycles. The fourth-order valence-electron chi connectivity index (χ4n) is 3.13. The average Bonchev–Trinajstić information content (AvgIpc) is 2.99. The molecule has 1 aliphatic rings. The van der Waals surface area contributed by atoms with Gasteiger partial charge in [0.2, 0.25) is 0 Å². The quantitative estimate of drug-likeness (QED) is 0.725. The Labute approximate surface area is 142 Å². The van der Waals surface area contributed by atoms with Crippen molar-refractivity contribution in [1.29, 1.82) is 0 Å². The number of pyridine rings is 1. The van der Waals surface area contributed by atoms with Crippen LogP contribution < -0.4 is 4.90 Å².